The molecule has 0 aliphatic heterocycles. The van der Waals surface area contributed by atoms with Crippen molar-refractivity contribution in [2.75, 3.05) is 6.54 Å². The van der Waals surface area contributed by atoms with E-state index in [0.29, 0.717) is 13.0 Å². The van der Waals surface area contributed by atoms with E-state index in [1.54, 1.807) is 18.2 Å². The number of phenols is 1. The SMILES string of the molecule is CCNC(=O)Cc1cccc(O)c1. The summed E-state index contributed by atoms with van der Waals surface area (Å²) in [5, 5.41) is 11.8. The van der Waals surface area contributed by atoms with Crippen molar-refractivity contribution >= 4 is 5.91 Å². The summed E-state index contributed by atoms with van der Waals surface area (Å²) in [6, 6.07) is 6.72. The smallest absolute Gasteiger partial charge is 0.224 e. The molecule has 0 aliphatic rings. The number of aromatic hydroxyl groups is 1. The van der Waals surface area contributed by atoms with Gasteiger partial charge in [0.25, 0.3) is 0 Å². The molecular weight excluding hydrogens is 166 g/mol. The number of amides is 1. The van der Waals surface area contributed by atoms with Crippen LogP contribution < -0.4 is 5.32 Å². The van der Waals surface area contributed by atoms with Crippen LogP contribution in [0.15, 0.2) is 24.3 Å². The first-order valence-corrected chi connectivity index (χ1v) is 4.27. The van der Waals surface area contributed by atoms with Crippen LogP contribution >= 0.6 is 0 Å². The van der Waals surface area contributed by atoms with Crippen LogP contribution in [0.4, 0.5) is 0 Å². The first-order chi connectivity index (χ1) is 6.22. The first-order valence-electron chi connectivity index (χ1n) is 4.27. The second kappa shape index (κ2) is 4.50. The highest BCUT2D eigenvalue weighted by Crippen LogP contribution is 2.10. The summed E-state index contributed by atoms with van der Waals surface area (Å²) in [7, 11) is 0. The molecule has 0 atom stereocenters. The average molecular weight is 179 g/mol. The van der Waals surface area contributed by atoms with Crippen LogP contribution in [0.3, 0.4) is 0 Å². The molecule has 0 fully saturated rings. The van der Waals surface area contributed by atoms with E-state index in [9.17, 15) is 4.79 Å². The summed E-state index contributed by atoms with van der Waals surface area (Å²) in [5.41, 5.74) is 0.825. The van der Waals surface area contributed by atoms with E-state index < -0.39 is 0 Å². The molecule has 1 aromatic rings. The lowest BCUT2D eigenvalue weighted by molar-refractivity contribution is -0.120. The molecule has 0 bridgehead atoms. The number of nitrogens with one attached hydrogen (secondary N) is 1. The third kappa shape index (κ3) is 3.15. The van der Waals surface area contributed by atoms with Gasteiger partial charge >= 0.3 is 0 Å². The summed E-state index contributed by atoms with van der Waals surface area (Å²) >= 11 is 0. The van der Waals surface area contributed by atoms with E-state index in [2.05, 4.69) is 5.32 Å². The fourth-order valence-electron chi connectivity index (χ4n) is 1.11. The Morgan fingerprint density at radius 2 is 2.31 bits per heavy atom. The van der Waals surface area contributed by atoms with Crippen molar-refractivity contribution in [2.24, 2.45) is 0 Å². The van der Waals surface area contributed by atoms with Gasteiger partial charge in [0.2, 0.25) is 5.91 Å². The van der Waals surface area contributed by atoms with Crippen LogP contribution in [0.25, 0.3) is 0 Å². The van der Waals surface area contributed by atoms with Gasteiger partial charge in [-0.15, -0.1) is 0 Å². The minimum absolute atomic E-state index is 0.0203. The Morgan fingerprint density at radius 3 is 2.92 bits per heavy atom. The van der Waals surface area contributed by atoms with Gasteiger partial charge in [0.05, 0.1) is 6.42 Å². The highest BCUT2D eigenvalue weighted by molar-refractivity contribution is 5.78. The molecule has 3 nitrogen and oxygen atoms in total. The van der Waals surface area contributed by atoms with Crippen LogP contribution in [0.2, 0.25) is 0 Å². The monoisotopic (exact) mass is 179 g/mol. The maximum Gasteiger partial charge on any atom is 0.224 e. The molecule has 13 heavy (non-hydrogen) atoms. The predicted octanol–water partition coefficient (Wildman–Crippen LogP) is 1.07. The summed E-state index contributed by atoms with van der Waals surface area (Å²) in [6.45, 7) is 2.51. The normalized spacial score (nSPS) is 9.62. The summed E-state index contributed by atoms with van der Waals surface area (Å²) in [6.07, 6.45) is 0.322. The lowest BCUT2D eigenvalue weighted by Crippen LogP contribution is -2.24. The zero-order valence-corrected chi connectivity index (χ0v) is 7.58. The van der Waals surface area contributed by atoms with Gasteiger partial charge in [-0.05, 0) is 24.6 Å². The molecule has 3 heteroatoms. The quantitative estimate of drug-likeness (QED) is 0.729. The molecule has 0 aliphatic carbocycles. The number of hydrogen-bond acceptors (Lipinski definition) is 2. The van der Waals surface area contributed by atoms with E-state index in [1.807, 2.05) is 13.0 Å². The summed E-state index contributed by atoms with van der Waals surface area (Å²) in [4.78, 5) is 11.1. The number of rotatable bonds is 3. The van der Waals surface area contributed by atoms with Crippen molar-refractivity contribution < 1.29 is 9.90 Å². The molecule has 70 valence electrons. The molecule has 0 unspecified atom stereocenters. The number of likely N-dealkylation sites (N-methyl/N-ethyl adjacent to an activating group) is 1. The van der Waals surface area contributed by atoms with Crippen LogP contribution in [0.1, 0.15) is 12.5 Å². The number of carbonyl (C=O) groups excluding carboxylic acids is 1. The van der Waals surface area contributed by atoms with Crippen LogP contribution in [0, 0.1) is 0 Å². The molecule has 2 N–H and O–H groups in total. The lowest BCUT2D eigenvalue weighted by atomic mass is 10.1. The molecule has 1 amide bonds. The lowest BCUT2D eigenvalue weighted by Gasteiger charge is -2.02. The fourth-order valence-corrected chi connectivity index (χ4v) is 1.11. The largest absolute Gasteiger partial charge is 0.508 e. The number of carbonyl (C=O) groups is 1. The average Bonchev–Trinajstić information content (AvgIpc) is 2.04. The predicted molar refractivity (Wildman–Crippen MR) is 50.5 cm³/mol. The van der Waals surface area contributed by atoms with Crippen molar-refractivity contribution in [3.05, 3.63) is 29.8 Å². The molecule has 1 rings (SSSR count). The van der Waals surface area contributed by atoms with Crippen molar-refractivity contribution in [3.8, 4) is 5.75 Å². The molecule has 0 saturated carbocycles. The first kappa shape index (κ1) is 9.58. The minimum Gasteiger partial charge on any atom is -0.508 e. The fraction of sp³-hybridized carbons (Fsp3) is 0.300. The molecular formula is C10H13NO2. The van der Waals surface area contributed by atoms with Gasteiger partial charge in [0.15, 0.2) is 0 Å². The second-order valence-electron chi connectivity index (χ2n) is 2.80. The number of phenolic OH excluding ortho intramolecular Hbond substituents is 1. The van der Waals surface area contributed by atoms with Gasteiger partial charge in [-0.2, -0.15) is 0 Å². The third-order valence-electron chi connectivity index (χ3n) is 1.65. The zero-order valence-electron chi connectivity index (χ0n) is 7.58. The highest BCUT2D eigenvalue weighted by atomic mass is 16.3. The van der Waals surface area contributed by atoms with E-state index >= 15 is 0 Å². The topological polar surface area (TPSA) is 49.3 Å². The Hall–Kier alpha value is -1.51. The van der Waals surface area contributed by atoms with Crippen molar-refractivity contribution in [2.45, 2.75) is 13.3 Å². The van der Waals surface area contributed by atoms with Crippen molar-refractivity contribution in [3.63, 3.8) is 0 Å². The minimum atomic E-state index is -0.0203. The number of hydrogen-bond donors (Lipinski definition) is 2. The van der Waals surface area contributed by atoms with E-state index in [4.69, 9.17) is 5.11 Å². The maximum absolute atomic E-state index is 11.1. The van der Waals surface area contributed by atoms with Crippen molar-refractivity contribution in [1.29, 1.82) is 0 Å². The number of benzene rings is 1. The summed E-state index contributed by atoms with van der Waals surface area (Å²) < 4.78 is 0. The van der Waals surface area contributed by atoms with E-state index in [0.717, 1.165) is 5.56 Å². The van der Waals surface area contributed by atoms with Crippen molar-refractivity contribution in [1.82, 2.24) is 5.32 Å². The Labute approximate surface area is 77.4 Å². The Morgan fingerprint density at radius 1 is 1.54 bits per heavy atom. The van der Waals surface area contributed by atoms with Gasteiger partial charge in [-0.25, -0.2) is 0 Å². The molecule has 0 saturated heterocycles. The standard InChI is InChI=1S/C10H13NO2/c1-2-11-10(13)7-8-4-3-5-9(12)6-8/h3-6,12H,2,7H2,1H3,(H,11,13). The maximum atomic E-state index is 11.1. The molecule has 0 aromatic heterocycles. The summed E-state index contributed by atoms with van der Waals surface area (Å²) in [5.74, 6) is 0.176. The van der Waals surface area contributed by atoms with Gasteiger partial charge in [0, 0.05) is 6.54 Å². The molecule has 0 heterocycles. The Bertz CT molecular complexity index is 297. The molecule has 0 radical (unpaired) electrons. The highest BCUT2D eigenvalue weighted by Gasteiger charge is 2.01. The van der Waals surface area contributed by atoms with Gasteiger partial charge < -0.3 is 10.4 Å². The van der Waals surface area contributed by atoms with Gasteiger partial charge in [-0.3, -0.25) is 4.79 Å². The van der Waals surface area contributed by atoms with E-state index in [-0.39, 0.29) is 11.7 Å². The van der Waals surface area contributed by atoms with Gasteiger partial charge in [-0.1, -0.05) is 12.1 Å². The third-order valence-corrected chi connectivity index (χ3v) is 1.65. The Kier molecular flexibility index (Phi) is 3.31. The van der Waals surface area contributed by atoms with Crippen LogP contribution in [-0.4, -0.2) is 17.6 Å². The Balaban J connectivity index is 2.58. The van der Waals surface area contributed by atoms with Crippen LogP contribution in [0.5, 0.6) is 5.75 Å². The zero-order chi connectivity index (χ0) is 9.68. The molecule has 0 spiro atoms. The van der Waals surface area contributed by atoms with Crippen LogP contribution in [-0.2, 0) is 11.2 Å². The second-order valence-corrected chi connectivity index (χ2v) is 2.80. The molecule has 1 aromatic carbocycles. The van der Waals surface area contributed by atoms with E-state index in [1.165, 1.54) is 0 Å². The van der Waals surface area contributed by atoms with Gasteiger partial charge in [0.1, 0.15) is 5.75 Å².